The molecule has 12 heteroatoms. The van der Waals surface area contributed by atoms with E-state index in [4.69, 9.17) is 4.74 Å². The summed E-state index contributed by atoms with van der Waals surface area (Å²) in [5, 5.41) is 11.9. The van der Waals surface area contributed by atoms with Crippen molar-refractivity contribution in [2.45, 2.75) is 39.3 Å². The van der Waals surface area contributed by atoms with E-state index in [2.05, 4.69) is 22.1 Å². The Hall–Kier alpha value is -4.06. The molecule has 0 aliphatic rings. The first-order chi connectivity index (χ1) is 17.6. The number of halogens is 1. The third-order valence-electron chi connectivity index (χ3n) is 6.16. The van der Waals surface area contributed by atoms with Gasteiger partial charge in [0.2, 0.25) is 5.91 Å². The maximum absolute atomic E-state index is 14.0. The number of amides is 1. The summed E-state index contributed by atoms with van der Waals surface area (Å²) in [6.07, 6.45) is 4.78. The fourth-order valence-corrected chi connectivity index (χ4v) is 5.43. The zero-order valence-corrected chi connectivity index (χ0v) is 21.8. The lowest BCUT2D eigenvalue weighted by Crippen LogP contribution is -2.55. The number of thiophene rings is 1. The number of ether oxygens (including phenoxy) is 1. The number of carbonyl (C=O) groups excluding carboxylic acids is 1. The highest BCUT2D eigenvalue weighted by molar-refractivity contribution is 7.21. The van der Waals surface area contributed by atoms with Gasteiger partial charge in [-0.3, -0.25) is 14.2 Å². The van der Waals surface area contributed by atoms with Crippen molar-refractivity contribution in [1.82, 2.24) is 29.4 Å². The second-order valence-corrected chi connectivity index (χ2v) is 9.85. The maximum Gasteiger partial charge on any atom is 0.333 e. The van der Waals surface area contributed by atoms with E-state index in [-0.39, 0.29) is 24.9 Å². The van der Waals surface area contributed by atoms with Crippen molar-refractivity contribution in [1.29, 1.82) is 0 Å². The summed E-state index contributed by atoms with van der Waals surface area (Å²) in [5.74, 6) is -0.463. The quantitative estimate of drug-likeness (QED) is 0.336. The Morgan fingerprint density at radius 3 is 2.62 bits per heavy atom. The molecule has 37 heavy (non-hydrogen) atoms. The number of nitrogens with one attached hydrogen (secondary N) is 1. The molecule has 0 unspecified atom stereocenters. The largest absolute Gasteiger partial charge is 0.496 e. The number of benzene rings is 1. The summed E-state index contributed by atoms with van der Waals surface area (Å²) >= 11 is 1.19. The fraction of sp³-hybridized carbons (Fsp3) is 0.320. The average Bonchev–Trinajstić information content (AvgIpc) is 3.50. The van der Waals surface area contributed by atoms with Gasteiger partial charge in [-0.1, -0.05) is 17.4 Å². The van der Waals surface area contributed by atoms with Crippen molar-refractivity contribution in [2.24, 2.45) is 0 Å². The van der Waals surface area contributed by atoms with Crippen molar-refractivity contribution in [3.8, 4) is 10.8 Å². The van der Waals surface area contributed by atoms with Gasteiger partial charge in [-0.15, -0.1) is 11.4 Å². The Balaban J connectivity index is 1.96. The second-order valence-electron chi connectivity index (χ2n) is 8.87. The predicted octanol–water partition coefficient (Wildman–Crippen LogP) is 2.54. The van der Waals surface area contributed by atoms with Gasteiger partial charge in [0.1, 0.15) is 26.9 Å². The minimum atomic E-state index is -1.51. The molecule has 10 nitrogen and oxygen atoms in total. The van der Waals surface area contributed by atoms with Crippen molar-refractivity contribution in [3.63, 3.8) is 0 Å². The molecule has 1 aromatic carbocycles. The Labute approximate surface area is 215 Å². The van der Waals surface area contributed by atoms with E-state index >= 15 is 0 Å². The molecule has 4 rings (SSSR count). The molecule has 0 aliphatic carbocycles. The summed E-state index contributed by atoms with van der Waals surface area (Å²) in [7, 11) is 1.48. The van der Waals surface area contributed by atoms with E-state index in [1.165, 1.54) is 78.3 Å². The number of hydrogen-bond donors (Lipinski definition) is 1. The first-order valence-electron chi connectivity index (χ1n) is 11.5. The van der Waals surface area contributed by atoms with Gasteiger partial charge < -0.3 is 10.1 Å². The Kier molecular flexibility index (Phi) is 7.12. The molecule has 1 N–H and O–H groups in total. The summed E-state index contributed by atoms with van der Waals surface area (Å²) in [6.45, 7) is 8.65. The molecule has 4 aromatic rings. The molecule has 194 valence electrons. The molecule has 3 aromatic heterocycles. The summed E-state index contributed by atoms with van der Waals surface area (Å²) in [4.78, 5) is 42.5. The fourth-order valence-electron chi connectivity index (χ4n) is 4.19. The van der Waals surface area contributed by atoms with Gasteiger partial charge in [-0.25, -0.2) is 13.8 Å². The standard InChI is InChI=1S/C25H27FN6O4S/c1-6-10-27-23(34)25(3,4)31-20(33)19-15(2)21(32-28-11-12-29-32)37-22(19)30(24(31)35)13-9-16-14-17(26)7-8-18(16)36-5/h6-8,11-12,14H,1,9-10,13H2,2-5H3,(H,27,34). The molecule has 0 radical (unpaired) electrons. The number of carbonyl (C=O) groups is 1. The van der Waals surface area contributed by atoms with Crippen LogP contribution in [0.25, 0.3) is 15.2 Å². The monoisotopic (exact) mass is 526 g/mol. The van der Waals surface area contributed by atoms with Crippen LogP contribution in [0, 0.1) is 12.7 Å². The lowest BCUT2D eigenvalue weighted by atomic mass is 10.0. The Bertz CT molecular complexity index is 1600. The molecule has 0 atom stereocenters. The van der Waals surface area contributed by atoms with Crippen LogP contribution in [0.5, 0.6) is 5.75 Å². The van der Waals surface area contributed by atoms with Crippen LogP contribution in [0.15, 0.2) is 52.8 Å². The van der Waals surface area contributed by atoms with Crippen LogP contribution in [-0.4, -0.2) is 43.7 Å². The van der Waals surface area contributed by atoms with Gasteiger partial charge in [0, 0.05) is 18.7 Å². The molecule has 0 saturated carbocycles. The number of fused-ring (bicyclic) bond motifs is 1. The van der Waals surface area contributed by atoms with Crippen LogP contribution in [-0.2, 0) is 23.3 Å². The van der Waals surface area contributed by atoms with E-state index < -0.39 is 28.5 Å². The predicted molar refractivity (Wildman–Crippen MR) is 139 cm³/mol. The van der Waals surface area contributed by atoms with Crippen molar-refractivity contribution < 1.29 is 13.9 Å². The molecule has 0 fully saturated rings. The van der Waals surface area contributed by atoms with Crippen LogP contribution in [0.2, 0.25) is 0 Å². The van der Waals surface area contributed by atoms with Crippen LogP contribution < -0.4 is 21.3 Å². The normalized spacial score (nSPS) is 11.6. The zero-order valence-electron chi connectivity index (χ0n) is 20.9. The molecule has 1 amide bonds. The van der Waals surface area contributed by atoms with Crippen molar-refractivity contribution >= 4 is 27.5 Å². The van der Waals surface area contributed by atoms with Gasteiger partial charge in [0.15, 0.2) is 0 Å². The summed E-state index contributed by atoms with van der Waals surface area (Å²) in [6, 6.07) is 4.17. The van der Waals surface area contributed by atoms with E-state index in [1.54, 1.807) is 6.92 Å². The highest BCUT2D eigenvalue weighted by Crippen LogP contribution is 2.31. The maximum atomic E-state index is 14.0. The van der Waals surface area contributed by atoms with Gasteiger partial charge in [-0.05, 0) is 51.0 Å². The number of methoxy groups -OCH3 is 1. The number of aromatic nitrogens is 5. The minimum absolute atomic E-state index is 0.103. The topological polar surface area (TPSA) is 113 Å². The Morgan fingerprint density at radius 1 is 1.27 bits per heavy atom. The van der Waals surface area contributed by atoms with Crippen LogP contribution in [0.3, 0.4) is 0 Å². The third-order valence-corrected chi connectivity index (χ3v) is 7.44. The van der Waals surface area contributed by atoms with Crippen LogP contribution in [0.4, 0.5) is 4.39 Å². The second kappa shape index (κ2) is 10.1. The van der Waals surface area contributed by atoms with Crippen LogP contribution >= 0.6 is 11.3 Å². The number of rotatable bonds is 9. The number of hydrogen-bond acceptors (Lipinski definition) is 7. The third kappa shape index (κ3) is 4.59. The van der Waals surface area contributed by atoms with Crippen molar-refractivity contribution in [2.75, 3.05) is 13.7 Å². The van der Waals surface area contributed by atoms with E-state index in [0.717, 1.165) is 4.57 Å². The molecule has 0 bridgehead atoms. The molecule has 0 spiro atoms. The van der Waals surface area contributed by atoms with E-state index in [9.17, 15) is 18.8 Å². The molecular formula is C25H27FN6O4S. The SMILES string of the molecule is C=CCNC(=O)C(C)(C)n1c(=O)c2c(C)c(-n3nccn3)sc2n(CCc2cc(F)ccc2OC)c1=O. The average molecular weight is 527 g/mol. The molecular weight excluding hydrogens is 499 g/mol. The number of nitrogens with zero attached hydrogens (tertiary/aromatic N) is 5. The van der Waals surface area contributed by atoms with E-state index in [0.29, 0.717) is 26.7 Å². The lowest BCUT2D eigenvalue weighted by Gasteiger charge is -2.26. The first-order valence-corrected chi connectivity index (χ1v) is 12.3. The molecule has 3 heterocycles. The van der Waals surface area contributed by atoms with Gasteiger partial charge in [-0.2, -0.15) is 10.2 Å². The van der Waals surface area contributed by atoms with Gasteiger partial charge in [0.25, 0.3) is 5.56 Å². The zero-order chi connectivity index (χ0) is 26.9. The Morgan fingerprint density at radius 2 is 1.97 bits per heavy atom. The van der Waals surface area contributed by atoms with Crippen LogP contribution in [0.1, 0.15) is 25.0 Å². The lowest BCUT2D eigenvalue weighted by molar-refractivity contribution is -0.128. The summed E-state index contributed by atoms with van der Waals surface area (Å²) < 4.78 is 21.7. The first kappa shape index (κ1) is 26.0. The van der Waals surface area contributed by atoms with Crippen molar-refractivity contribution in [3.05, 3.63) is 81.0 Å². The van der Waals surface area contributed by atoms with Gasteiger partial charge in [0.05, 0.1) is 24.9 Å². The minimum Gasteiger partial charge on any atom is -0.496 e. The molecule has 0 saturated heterocycles. The highest BCUT2D eigenvalue weighted by Gasteiger charge is 2.35. The highest BCUT2D eigenvalue weighted by atomic mass is 32.1. The molecule has 0 aliphatic heterocycles. The summed E-state index contributed by atoms with van der Waals surface area (Å²) in [5.41, 5.74) is -1.62. The smallest absolute Gasteiger partial charge is 0.333 e. The number of aryl methyl sites for hydroxylation is 3. The van der Waals surface area contributed by atoms with E-state index in [1.807, 2.05) is 0 Å². The van der Waals surface area contributed by atoms with Gasteiger partial charge >= 0.3 is 5.69 Å².